The molecule has 0 aromatic heterocycles. The first-order valence-electron chi connectivity index (χ1n) is 11.9. The molecule has 2 amide bonds. The Hall–Kier alpha value is -2.67. The van der Waals surface area contributed by atoms with Crippen molar-refractivity contribution in [2.45, 2.75) is 64.4 Å². The maximum Gasteiger partial charge on any atom is 0.330 e. The summed E-state index contributed by atoms with van der Waals surface area (Å²) in [5.41, 5.74) is 2.96. The van der Waals surface area contributed by atoms with Crippen molar-refractivity contribution < 1.29 is 24.2 Å². The number of carbonyl (C=O) groups excluding carboxylic acids is 3. The smallest absolute Gasteiger partial charge is 0.330 e. The van der Waals surface area contributed by atoms with Crippen LogP contribution in [0.2, 0.25) is 0 Å². The monoisotopic (exact) mass is 454 g/mol. The fourth-order valence-corrected chi connectivity index (χ4v) is 6.31. The van der Waals surface area contributed by atoms with Gasteiger partial charge in [0.1, 0.15) is 12.3 Å². The molecule has 7 heteroatoms. The third-order valence-electron chi connectivity index (χ3n) is 8.11. The predicted octanol–water partition coefficient (Wildman–Crippen LogP) is 2.62. The van der Waals surface area contributed by atoms with Crippen LogP contribution in [0.1, 0.15) is 63.0 Å². The summed E-state index contributed by atoms with van der Waals surface area (Å²) in [7, 11) is 0. The van der Waals surface area contributed by atoms with Crippen molar-refractivity contribution in [3.63, 3.8) is 0 Å². The lowest BCUT2D eigenvalue weighted by Crippen LogP contribution is -2.43. The molecule has 0 aliphatic heterocycles. The summed E-state index contributed by atoms with van der Waals surface area (Å²) in [4.78, 5) is 35.4. The summed E-state index contributed by atoms with van der Waals surface area (Å²) < 4.78 is 5.44. The first-order chi connectivity index (χ1) is 15.7. The number of esters is 1. The first-order valence-corrected chi connectivity index (χ1v) is 11.9. The lowest BCUT2D eigenvalue weighted by molar-refractivity contribution is -0.135. The van der Waals surface area contributed by atoms with Gasteiger partial charge in [0.2, 0.25) is 11.8 Å². The normalized spacial score (nSPS) is 29.8. The van der Waals surface area contributed by atoms with E-state index in [1.54, 1.807) is 6.92 Å². The molecule has 4 rings (SSSR count). The van der Waals surface area contributed by atoms with Crippen molar-refractivity contribution in [2.24, 2.45) is 17.3 Å². The van der Waals surface area contributed by atoms with Gasteiger partial charge < -0.3 is 20.5 Å². The minimum absolute atomic E-state index is 0.0614. The van der Waals surface area contributed by atoms with E-state index in [0.717, 1.165) is 38.5 Å². The Labute approximate surface area is 195 Å². The molecule has 2 saturated carbocycles. The second-order valence-corrected chi connectivity index (χ2v) is 10.1. The number of carbonyl (C=O) groups is 3. The highest BCUT2D eigenvalue weighted by atomic mass is 16.5. The number of aryl methyl sites for hydroxylation is 1. The van der Waals surface area contributed by atoms with Crippen LogP contribution >= 0.6 is 0 Å². The fraction of sp³-hybridized carbons (Fsp3) is 0.577. The number of hydrogen-bond acceptors (Lipinski definition) is 5. The van der Waals surface area contributed by atoms with Crippen molar-refractivity contribution in [1.82, 2.24) is 10.6 Å². The summed E-state index contributed by atoms with van der Waals surface area (Å²) in [5, 5.41) is 15.4. The zero-order chi connectivity index (χ0) is 23.8. The van der Waals surface area contributed by atoms with Gasteiger partial charge in [-0.15, -0.1) is 0 Å². The van der Waals surface area contributed by atoms with E-state index in [0.29, 0.717) is 29.1 Å². The molecule has 3 N–H and O–H groups in total. The summed E-state index contributed by atoms with van der Waals surface area (Å²) >= 11 is 0. The molecule has 33 heavy (non-hydrogen) atoms. The van der Waals surface area contributed by atoms with Crippen LogP contribution in [0.5, 0.6) is 5.75 Å². The highest BCUT2D eigenvalue weighted by molar-refractivity contribution is 5.95. The lowest BCUT2D eigenvalue weighted by atomic mass is 9.55. The van der Waals surface area contributed by atoms with Crippen molar-refractivity contribution in [3.8, 4) is 5.75 Å². The van der Waals surface area contributed by atoms with Gasteiger partial charge in [-0.3, -0.25) is 9.59 Å². The van der Waals surface area contributed by atoms with Gasteiger partial charge in [0.05, 0.1) is 12.6 Å². The zero-order valence-corrected chi connectivity index (χ0v) is 19.5. The molecule has 0 saturated heterocycles. The number of rotatable bonds is 6. The quantitative estimate of drug-likeness (QED) is 0.348. The molecule has 7 nitrogen and oxygen atoms in total. The van der Waals surface area contributed by atoms with Crippen LogP contribution in [0.4, 0.5) is 0 Å². The van der Waals surface area contributed by atoms with Gasteiger partial charge >= 0.3 is 5.97 Å². The van der Waals surface area contributed by atoms with Gasteiger partial charge in [-0.25, -0.2) is 4.79 Å². The van der Waals surface area contributed by atoms with E-state index in [9.17, 15) is 19.5 Å². The van der Waals surface area contributed by atoms with Gasteiger partial charge in [-0.2, -0.15) is 0 Å². The zero-order valence-electron chi connectivity index (χ0n) is 19.5. The van der Waals surface area contributed by atoms with Gasteiger partial charge in [0.15, 0.2) is 0 Å². The van der Waals surface area contributed by atoms with Gasteiger partial charge in [-0.1, -0.05) is 19.6 Å². The molecule has 3 aliphatic rings. The molecular formula is C26H34N2O5. The number of amides is 2. The average molecular weight is 455 g/mol. The van der Waals surface area contributed by atoms with E-state index in [1.165, 1.54) is 11.1 Å². The summed E-state index contributed by atoms with van der Waals surface area (Å²) in [6, 6.07) is 5.88. The van der Waals surface area contributed by atoms with E-state index in [-0.39, 0.29) is 24.6 Å². The molecule has 0 spiro atoms. The summed E-state index contributed by atoms with van der Waals surface area (Å²) in [6.07, 6.45) is 6.07. The molecule has 3 aliphatic carbocycles. The highest BCUT2D eigenvalue weighted by Gasteiger charge is 2.54. The predicted molar refractivity (Wildman–Crippen MR) is 124 cm³/mol. The van der Waals surface area contributed by atoms with Crippen LogP contribution in [-0.2, 0) is 20.8 Å². The van der Waals surface area contributed by atoms with Crippen molar-refractivity contribution in [2.75, 3.05) is 13.1 Å². The van der Waals surface area contributed by atoms with Crippen LogP contribution in [-0.4, -0.2) is 42.1 Å². The number of hydrogen-bond donors (Lipinski definition) is 3. The standard InChI is InChI=1S/C26H34N2O5/c1-15(2)25(32)28-13-23(30)27-14-24(31)33-17-5-7-18-16(12-17)4-6-20-19(18)10-11-26(3)21(20)8-9-22(26)29/h5,7,12,19-22,29H,1,4,6,8-11,13-14H2,2-3H3,(H,27,30)(H,28,32)/t19-,20-,21+,22+,26+/m1/s1. The Bertz CT molecular complexity index is 973. The Kier molecular flexibility index (Phi) is 6.61. The van der Waals surface area contributed by atoms with Crippen molar-refractivity contribution >= 4 is 17.8 Å². The molecule has 178 valence electrons. The molecule has 1 aromatic rings. The minimum atomic E-state index is -0.559. The molecule has 2 fully saturated rings. The van der Waals surface area contributed by atoms with Crippen LogP contribution in [0, 0.1) is 17.3 Å². The SMILES string of the molecule is C=C(C)C(=O)NCC(=O)NCC(=O)Oc1ccc2c(c1)CC[C@@H]1[C@@H]2CC[C@]2(C)[C@@H](O)CC[C@@H]12. The molecule has 0 unspecified atom stereocenters. The molecule has 5 atom stereocenters. The topological polar surface area (TPSA) is 105 Å². The number of ether oxygens (including phenoxy) is 1. The van der Waals surface area contributed by atoms with Crippen molar-refractivity contribution in [1.29, 1.82) is 0 Å². The summed E-state index contributed by atoms with van der Waals surface area (Å²) in [5.74, 6) is 0.754. The maximum atomic E-state index is 12.2. The lowest BCUT2D eigenvalue weighted by Gasteiger charge is -2.50. The van der Waals surface area contributed by atoms with E-state index in [4.69, 9.17) is 4.74 Å². The number of aliphatic hydroxyl groups excluding tert-OH is 1. The van der Waals surface area contributed by atoms with Crippen LogP contribution in [0.25, 0.3) is 0 Å². The molecule has 0 radical (unpaired) electrons. The Morgan fingerprint density at radius 3 is 2.70 bits per heavy atom. The molecule has 0 heterocycles. The number of aliphatic hydroxyl groups is 1. The van der Waals surface area contributed by atoms with E-state index >= 15 is 0 Å². The van der Waals surface area contributed by atoms with Crippen LogP contribution < -0.4 is 15.4 Å². The second kappa shape index (κ2) is 9.29. The second-order valence-electron chi connectivity index (χ2n) is 10.1. The maximum absolute atomic E-state index is 12.2. The van der Waals surface area contributed by atoms with E-state index in [2.05, 4.69) is 30.2 Å². The largest absolute Gasteiger partial charge is 0.425 e. The number of fused-ring (bicyclic) bond motifs is 5. The average Bonchev–Trinajstić information content (AvgIpc) is 3.10. The molecule has 1 aromatic carbocycles. The van der Waals surface area contributed by atoms with Crippen LogP contribution in [0.15, 0.2) is 30.4 Å². The third kappa shape index (κ3) is 4.69. The third-order valence-corrected chi connectivity index (χ3v) is 8.11. The van der Waals surface area contributed by atoms with E-state index < -0.39 is 17.8 Å². The van der Waals surface area contributed by atoms with Crippen LogP contribution in [0.3, 0.4) is 0 Å². The Balaban J connectivity index is 1.32. The molecular weight excluding hydrogens is 420 g/mol. The Morgan fingerprint density at radius 2 is 1.94 bits per heavy atom. The summed E-state index contributed by atoms with van der Waals surface area (Å²) in [6.45, 7) is 6.83. The minimum Gasteiger partial charge on any atom is -0.425 e. The molecule has 0 bridgehead atoms. The van der Waals surface area contributed by atoms with Gasteiger partial charge in [-0.05, 0) is 91.9 Å². The van der Waals surface area contributed by atoms with Gasteiger partial charge in [0.25, 0.3) is 0 Å². The highest BCUT2D eigenvalue weighted by Crippen LogP contribution is 2.60. The number of benzene rings is 1. The Morgan fingerprint density at radius 1 is 1.15 bits per heavy atom. The first kappa shape index (κ1) is 23.5. The van der Waals surface area contributed by atoms with E-state index in [1.807, 2.05) is 12.1 Å². The van der Waals surface area contributed by atoms with Gasteiger partial charge in [0, 0.05) is 5.57 Å². The number of nitrogens with one attached hydrogen (secondary N) is 2. The fourth-order valence-electron chi connectivity index (χ4n) is 6.31. The van der Waals surface area contributed by atoms with Crippen molar-refractivity contribution in [3.05, 3.63) is 41.5 Å².